The summed E-state index contributed by atoms with van der Waals surface area (Å²) >= 11 is 7.54. The minimum absolute atomic E-state index is 0.0432. The molecule has 23 heavy (non-hydrogen) atoms. The van der Waals surface area contributed by atoms with Crippen LogP contribution in [-0.4, -0.2) is 34.5 Å². The average molecular weight is 349 g/mol. The lowest BCUT2D eigenvalue weighted by Gasteiger charge is -2.17. The van der Waals surface area contributed by atoms with Gasteiger partial charge in [0, 0.05) is 16.8 Å². The Balaban J connectivity index is 1.71. The van der Waals surface area contributed by atoms with Crippen molar-refractivity contribution in [3.8, 4) is 0 Å². The maximum atomic E-state index is 12.6. The van der Waals surface area contributed by atoms with Gasteiger partial charge in [0.2, 0.25) is 0 Å². The van der Waals surface area contributed by atoms with Crippen LogP contribution < -0.4 is 5.32 Å². The first-order chi connectivity index (χ1) is 11.0. The van der Waals surface area contributed by atoms with Crippen molar-refractivity contribution in [1.29, 1.82) is 0 Å². The highest BCUT2D eigenvalue weighted by molar-refractivity contribution is 7.09. The summed E-state index contributed by atoms with van der Waals surface area (Å²) in [6.45, 7) is 2.14. The highest BCUT2D eigenvalue weighted by Crippen LogP contribution is 2.21. The first kappa shape index (κ1) is 15.8. The monoisotopic (exact) mass is 348 g/mol. The SMILES string of the molecule is CC1=[N+](CC(=O)NCc2cccs2)C(=O)C2C=C(Cl)C=CC2=N1. The van der Waals surface area contributed by atoms with E-state index < -0.39 is 5.92 Å². The van der Waals surface area contributed by atoms with Crippen LogP contribution in [0.4, 0.5) is 0 Å². The van der Waals surface area contributed by atoms with E-state index in [0.29, 0.717) is 23.1 Å². The second kappa shape index (κ2) is 6.60. The molecule has 5 nitrogen and oxygen atoms in total. The first-order valence-corrected chi connectivity index (χ1v) is 8.38. The zero-order valence-electron chi connectivity index (χ0n) is 12.5. The van der Waals surface area contributed by atoms with E-state index in [1.165, 1.54) is 4.58 Å². The lowest BCUT2D eigenvalue weighted by molar-refractivity contribution is -0.442. The van der Waals surface area contributed by atoms with Crippen molar-refractivity contribution in [2.24, 2.45) is 10.9 Å². The molecule has 118 valence electrons. The molecule has 7 heteroatoms. The maximum Gasteiger partial charge on any atom is 0.325 e. The van der Waals surface area contributed by atoms with Gasteiger partial charge in [0.15, 0.2) is 12.3 Å². The molecular formula is C16H15ClN3O2S+. The molecule has 0 bridgehead atoms. The number of rotatable bonds is 4. The van der Waals surface area contributed by atoms with Crippen LogP contribution in [0.2, 0.25) is 0 Å². The van der Waals surface area contributed by atoms with E-state index in [-0.39, 0.29) is 18.4 Å². The lowest BCUT2D eigenvalue weighted by atomic mass is 9.95. The molecule has 1 aliphatic heterocycles. The number of amides is 2. The second-order valence-corrected chi connectivity index (χ2v) is 6.70. The normalized spacial score (nSPS) is 20.1. The molecule has 0 aromatic carbocycles. The van der Waals surface area contributed by atoms with E-state index in [2.05, 4.69) is 10.3 Å². The summed E-state index contributed by atoms with van der Waals surface area (Å²) in [5.41, 5.74) is 0.659. The van der Waals surface area contributed by atoms with E-state index in [1.54, 1.807) is 36.5 Å². The molecular weight excluding hydrogens is 334 g/mol. The van der Waals surface area contributed by atoms with Gasteiger partial charge in [-0.3, -0.25) is 4.79 Å². The smallest absolute Gasteiger partial charge is 0.325 e. The number of thiophene rings is 1. The third-order valence-electron chi connectivity index (χ3n) is 3.61. The Labute approximate surface area is 142 Å². The standard InChI is InChI=1S/C16H14ClN3O2S/c1-10-19-14-5-4-11(17)7-13(14)16(22)20(10)9-15(21)18-8-12-3-2-6-23-12/h2-7,13H,8-9H2,1H3/p+1. The number of hydrogen-bond donors (Lipinski definition) is 1. The van der Waals surface area contributed by atoms with Crippen molar-refractivity contribution in [2.45, 2.75) is 13.5 Å². The maximum absolute atomic E-state index is 12.6. The number of halogens is 1. The molecule has 0 saturated carbocycles. The quantitative estimate of drug-likeness (QED) is 0.847. The number of nitrogens with one attached hydrogen (secondary N) is 1. The molecule has 2 amide bonds. The van der Waals surface area contributed by atoms with Gasteiger partial charge in [-0.05, 0) is 34.7 Å². The van der Waals surface area contributed by atoms with Gasteiger partial charge >= 0.3 is 5.91 Å². The van der Waals surface area contributed by atoms with Crippen LogP contribution in [0, 0.1) is 5.92 Å². The zero-order valence-corrected chi connectivity index (χ0v) is 14.0. The minimum atomic E-state index is -0.513. The number of fused-ring (bicyclic) bond motifs is 1. The Morgan fingerprint density at radius 2 is 2.30 bits per heavy atom. The predicted molar refractivity (Wildman–Crippen MR) is 91.0 cm³/mol. The summed E-state index contributed by atoms with van der Waals surface area (Å²) in [4.78, 5) is 30.2. The fraction of sp³-hybridized carbons (Fsp3) is 0.250. The summed E-state index contributed by atoms with van der Waals surface area (Å²) < 4.78 is 1.40. The second-order valence-electron chi connectivity index (χ2n) is 5.23. The van der Waals surface area contributed by atoms with E-state index in [9.17, 15) is 9.59 Å². The molecule has 0 fully saturated rings. The van der Waals surface area contributed by atoms with E-state index in [0.717, 1.165) is 4.88 Å². The summed E-state index contributed by atoms with van der Waals surface area (Å²) in [5.74, 6) is -0.391. The molecule has 0 radical (unpaired) electrons. The van der Waals surface area contributed by atoms with Crippen LogP contribution in [0.3, 0.4) is 0 Å². The zero-order chi connectivity index (χ0) is 16.4. The summed E-state index contributed by atoms with van der Waals surface area (Å²) in [7, 11) is 0. The van der Waals surface area contributed by atoms with Crippen molar-refractivity contribution in [3.05, 3.63) is 45.7 Å². The number of hydrogen-bond acceptors (Lipinski definition) is 4. The molecule has 0 spiro atoms. The van der Waals surface area contributed by atoms with Crippen LogP contribution in [0.25, 0.3) is 0 Å². The van der Waals surface area contributed by atoms with Gasteiger partial charge in [-0.2, -0.15) is 4.58 Å². The third-order valence-corrected chi connectivity index (χ3v) is 4.74. The summed E-state index contributed by atoms with van der Waals surface area (Å²) in [6.07, 6.45) is 5.11. The predicted octanol–water partition coefficient (Wildman–Crippen LogP) is 2.09. The number of allylic oxidation sites excluding steroid dienone is 3. The fourth-order valence-corrected chi connectivity index (χ4v) is 3.27. The van der Waals surface area contributed by atoms with Gasteiger partial charge in [0.1, 0.15) is 5.92 Å². The molecule has 3 rings (SSSR count). The number of aliphatic imine (C=N–C) groups is 1. The highest BCUT2D eigenvalue weighted by Gasteiger charge is 2.38. The van der Waals surface area contributed by atoms with Gasteiger partial charge in [-0.25, -0.2) is 4.79 Å². The molecule has 1 unspecified atom stereocenters. The van der Waals surface area contributed by atoms with Crippen molar-refractivity contribution >= 4 is 46.3 Å². The van der Waals surface area contributed by atoms with Crippen LogP contribution >= 0.6 is 22.9 Å². The van der Waals surface area contributed by atoms with Gasteiger partial charge < -0.3 is 5.32 Å². The van der Waals surface area contributed by atoms with Crippen molar-refractivity contribution in [1.82, 2.24) is 5.32 Å². The van der Waals surface area contributed by atoms with Crippen LogP contribution in [0.15, 0.2) is 45.8 Å². The molecule has 1 atom stereocenters. The largest absolute Gasteiger partial charge is 0.348 e. The molecule has 1 aromatic heterocycles. The highest BCUT2D eigenvalue weighted by atomic mass is 35.5. The molecule has 2 aliphatic rings. The number of nitrogens with zero attached hydrogens (tertiary/aromatic N) is 2. The molecule has 1 N–H and O–H groups in total. The van der Waals surface area contributed by atoms with E-state index in [1.807, 2.05) is 17.5 Å². The Hall–Kier alpha value is -2.05. The minimum Gasteiger partial charge on any atom is -0.348 e. The van der Waals surface area contributed by atoms with Crippen LogP contribution in [0.1, 0.15) is 11.8 Å². The van der Waals surface area contributed by atoms with Crippen molar-refractivity contribution in [2.75, 3.05) is 6.54 Å². The lowest BCUT2D eigenvalue weighted by Crippen LogP contribution is -2.44. The van der Waals surface area contributed by atoms with Crippen molar-refractivity contribution in [3.63, 3.8) is 0 Å². The average Bonchev–Trinajstić information content (AvgIpc) is 3.04. The molecule has 1 aliphatic carbocycles. The van der Waals surface area contributed by atoms with E-state index in [4.69, 9.17) is 11.6 Å². The van der Waals surface area contributed by atoms with Gasteiger partial charge in [0.25, 0.3) is 11.7 Å². The van der Waals surface area contributed by atoms with Gasteiger partial charge in [-0.1, -0.05) is 17.7 Å². The Morgan fingerprint density at radius 3 is 3.04 bits per heavy atom. The molecule has 0 saturated heterocycles. The number of amidine groups is 1. The van der Waals surface area contributed by atoms with Gasteiger partial charge in [0.05, 0.1) is 6.54 Å². The van der Waals surface area contributed by atoms with Crippen molar-refractivity contribution < 1.29 is 14.2 Å². The first-order valence-electron chi connectivity index (χ1n) is 7.12. The Kier molecular flexibility index (Phi) is 4.54. The Morgan fingerprint density at radius 1 is 1.48 bits per heavy atom. The topological polar surface area (TPSA) is 61.5 Å². The van der Waals surface area contributed by atoms with E-state index >= 15 is 0 Å². The number of carbonyl (C=O) groups excluding carboxylic acids is 2. The number of carbonyl (C=O) groups is 2. The van der Waals surface area contributed by atoms with Gasteiger partial charge in [-0.15, -0.1) is 11.3 Å². The summed E-state index contributed by atoms with van der Waals surface area (Å²) in [6, 6.07) is 3.88. The molecule has 2 heterocycles. The van der Waals surface area contributed by atoms with Crippen LogP contribution in [-0.2, 0) is 16.1 Å². The third kappa shape index (κ3) is 3.48. The summed E-state index contributed by atoms with van der Waals surface area (Å²) in [5, 5.41) is 5.27. The fourth-order valence-electron chi connectivity index (χ4n) is 2.44. The molecule has 1 aromatic rings. The Bertz CT molecular complexity index is 775. The van der Waals surface area contributed by atoms with Crippen LogP contribution in [0.5, 0.6) is 0 Å².